The van der Waals surface area contributed by atoms with Gasteiger partial charge in [0.25, 0.3) is 0 Å². The van der Waals surface area contributed by atoms with Crippen LogP contribution in [0.4, 0.5) is 0 Å². The van der Waals surface area contributed by atoms with Gasteiger partial charge in [-0.1, -0.05) is 26.7 Å². The first-order chi connectivity index (χ1) is 5.87. The fourth-order valence-electron chi connectivity index (χ4n) is 2.14. The molecule has 0 aromatic carbocycles. The number of hydrogen-bond acceptors (Lipinski definition) is 1. The van der Waals surface area contributed by atoms with Crippen molar-refractivity contribution in [1.29, 1.82) is 0 Å². The third-order valence-electron chi connectivity index (χ3n) is 3.39. The van der Waals surface area contributed by atoms with Crippen molar-refractivity contribution in [3.05, 3.63) is 0 Å². The molecule has 2 N–H and O–H groups in total. The lowest BCUT2D eigenvalue weighted by atomic mass is 9.68. The van der Waals surface area contributed by atoms with Crippen molar-refractivity contribution in [3.8, 4) is 12.3 Å². The minimum atomic E-state index is -0.304. The molecule has 14 heavy (non-hydrogen) atoms. The summed E-state index contributed by atoms with van der Waals surface area (Å²) < 4.78 is 0. The monoisotopic (exact) mass is 215 g/mol. The average molecular weight is 216 g/mol. The van der Waals surface area contributed by atoms with Gasteiger partial charge < -0.3 is 5.73 Å². The number of terminal acetylenes is 1. The van der Waals surface area contributed by atoms with Crippen molar-refractivity contribution >= 4 is 12.4 Å². The second-order valence-corrected chi connectivity index (χ2v) is 5.44. The van der Waals surface area contributed by atoms with E-state index in [1.165, 1.54) is 12.8 Å². The molecule has 0 aromatic heterocycles. The van der Waals surface area contributed by atoms with Crippen LogP contribution in [0.15, 0.2) is 0 Å². The Hall–Kier alpha value is -0.190. The predicted octanol–water partition coefficient (Wildman–Crippen LogP) is 2.98. The van der Waals surface area contributed by atoms with Gasteiger partial charge in [-0.05, 0) is 37.0 Å². The molecule has 0 radical (unpaired) electrons. The maximum atomic E-state index is 6.03. The van der Waals surface area contributed by atoms with Gasteiger partial charge in [0.15, 0.2) is 0 Å². The summed E-state index contributed by atoms with van der Waals surface area (Å²) in [5, 5.41) is 0. The Labute approximate surface area is 94.2 Å². The van der Waals surface area contributed by atoms with Gasteiger partial charge in [0.05, 0.1) is 5.54 Å². The van der Waals surface area contributed by atoms with Gasteiger partial charge in [0, 0.05) is 0 Å². The zero-order chi connectivity index (χ0) is 10.1. The Kier molecular flexibility index (Phi) is 4.49. The van der Waals surface area contributed by atoms with E-state index >= 15 is 0 Å². The summed E-state index contributed by atoms with van der Waals surface area (Å²) in [6.07, 6.45) is 9.77. The van der Waals surface area contributed by atoms with Gasteiger partial charge in [-0.25, -0.2) is 0 Å². The van der Waals surface area contributed by atoms with E-state index < -0.39 is 0 Å². The highest BCUT2D eigenvalue weighted by Crippen LogP contribution is 2.40. The van der Waals surface area contributed by atoms with Crippen molar-refractivity contribution in [1.82, 2.24) is 0 Å². The molecule has 0 aromatic rings. The van der Waals surface area contributed by atoms with Gasteiger partial charge in [-0.15, -0.1) is 18.8 Å². The molecule has 0 amide bonds. The van der Waals surface area contributed by atoms with Crippen molar-refractivity contribution in [2.45, 2.75) is 52.0 Å². The van der Waals surface area contributed by atoms with Crippen LogP contribution in [-0.2, 0) is 0 Å². The van der Waals surface area contributed by atoms with E-state index in [2.05, 4.69) is 26.7 Å². The summed E-state index contributed by atoms with van der Waals surface area (Å²) in [5.74, 6) is 3.52. The largest absolute Gasteiger partial charge is 0.315 e. The molecule has 0 aliphatic heterocycles. The number of hydrogen-bond donors (Lipinski definition) is 1. The molecule has 0 unspecified atom stereocenters. The highest BCUT2D eigenvalue weighted by Gasteiger charge is 2.34. The Morgan fingerprint density at radius 1 is 1.29 bits per heavy atom. The zero-order valence-corrected chi connectivity index (χ0v) is 10.3. The predicted molar refractivity (Wildman–Crippen MR) is 64.4 cm³/mol. The number of nitrogens with two attached hydrogens (primary N) is 1. The van der Waals surface area contributed by atoms with Crippen molar-refractivity contribution in [2.24, 2.45) is 17.1 Å². The quantitative estimate of drug-likeness (QED) is 0.618. The van der Waals surface area contributed by atoms with Gasteiger partial charge in [-0.2, -0.15) is 0 Å². The van der Waals surface area contributed by atoms with Crippen LogP contribution in [0.25, 0.3) is 0 Å². The maximum Gasteiger partial charge on any atom is 0.0773 e. The molecule has 1 rings (SSSR count). The van der Waals surface area contributed by atoms with E-state index in [1.807, 2.05) is 0 Å². The minimum Gasteiger partial charge on any atom is -0.315 e. The molecule has 0 heterocycles. The Morgan fingerprint density at radius 2 is 1.71 bits per heavy atom. The van der Waals surface area contributed by atoms with E-state index in [9.17, 15) is 0 Å². The minimum absolute atomic E-state index is 0. The standard InChI is InChI=1S/C12H21N.ClH/c1-5-12(13)8-6-10(7-9-12)11(2,3)4;/h1,10H,6-9,13H2,2-4H3;1H. The van der Waals surface area contributed by atoms with Gasteiger partial charge in [-0.3, -0.25) is 0 Å². The highest BCUT2D eigenvalue weighted by molar-refractivity contribution is 5.85. The summed E-state index contributed by atoms with van der Waals surface area (Å²) in [6.45, 7) is 6.91. The molecule has 0 atom stereocenters. The summed E-state index contributed by atoms with van der Waals surface area (Å²) in [4.78, 5) is 0. The third kappa shape index (κ3) is 3.19. The second-order valence-electron chi connectivity index (χ2n) is 5.44. The topological polar surface area (TPSA) is 26.0 Å². The Balaban J connectivity index is 0.00000169. The molecule has 0 bridgehead atoms. The van der Waals surface area contributed by atoms with Gasteiger partial charge >= 0.3 is 0 Å². The lowest BCUT2D eigenvalue weighted by Gasteiger charge is -2.39. The first-order valence-corrected chi connectivity index (χ1v) is 5.14. The van der Waals surface area contributed by atoms with Crippen LogP contribution in [0.3, 0.4) is 0 Å². The molecule has 82 valence electrons. The first kappa shape index (κ1) is 13.8. The Morgan fingerprint density at radius 3 is 2.00 bits per heavy atom. The molecule has 1 nitrogen and oxygen atoms in total. The lowest BCUT2D eigenvalue weighted by Crippen LogP contribution is -2.43. The molecular formula is C12H22ClN. The van der Waals surface area contributed by atoms with Crippen LogP contribution in [0.2, 0.25) is 0 Å². The van der Waals surface area contributed by atoms with E-state index in [-0.39, 0.29) is 17.9 Å². The molecule has 1 aliphatic carbocycles. The number of rotatable bonds is 0. The molecule has 0 spiro atoms. The van der Waals surface area contributed by atoms with Gasteiger partial charge in [0.2, 0.25) is 0 Å². The normalized spacial score (nSPS) is 32.9. The van der Waals surface area contributed by atoms with Crippen molar-refractivity contribution in [2.75, 3.05) is 0 Å². The fraction of sp³-hybridized carbons (Fsp3) is 0.833. The SMILES string of the molecule is C#CC1(N)CCC(C(C)(C)C)CC1.Cl. The van der Waals surface area contributed by atoms with Crippen LogP contribution >= 0.6 is 12.4 Å². The first-order valence-electron chi connectivity index (χ1n) is 5.14. The number of halogens is 1. The summed E-state index contributed by atoms with van der Waals surface area (Å²) in [5.41, 5.74) is 6.14. The zero-order valence-electron chi connectivity index (χ0n) is 9.47. The molecule has 1 aliphatic rings. The van der Waals surface area contributed by atoms with Crippen molar-refractivity contribution in [3.63, 3.8) is 0 Å². The smallest absolute Gasteiger partial charge is 0.0773 e. The summed E-state index contributed by atoms with van der Waals surface area (Å²) in [6, 6.07) is 0. The fourth-order valence-corrected chi connectivity index (χ4v) is 2.14. The maximum absolute atomic E-state index is 6.03. The van der Waals surface area contributed by atoms with E-state index in [4.69, 9.17) is 12.2 Å². The van der Waals surface area contributed by atoms with Crippen molar-refractivity contribution < 1.29 is 0 Å². The van der Waals surface area contributed by atoms with E-state index in [1.54, 1.807) is 0 Å². The van der Waals surface area contributed by atoms with Gasteiger partial charge in [0.1, 0.15) is 0 Å². The summed E-state index contributed by atoms with van der Waals surface area (Å²) >= 11 is 0. The van der Waals surface area contributed by atoms with Crippen LogP contribution < -0.4 is 5.73 Å². The van der Waals surface area contributed by atoms with Crippen LogP contribution in [0.5, 0.6) is 0 Å². The van der Waals surface area contributed by atoms with Crippen LogP contribution in [0.1, 0.15) is 46.5 Å². The molecule has 0 saturated heterocycles. The van der Waals surface area contributed by atoms with Crippen LogP contribution in [0, 0.1) is 23.7 Å². The Bertz CT molecular complexity index is 213. The van der Waals surface area contributed by atoms with Crippen LogP contribution in [-0.4, -0.2) is 5.54 Å². The third-order valence-corrected chi connectivity index (χ3v) is 3.39. The molecular weight excluding hydrogens is 194 g/mol. The average Bonchev–Trinajstić information content (AvgIpc) is 2.04. The highest BCUT2D eigenvalue weighted by atomic mass is 35.5. The summed E-state index contributed by atoms with van der Waals surface area (Å²) in [7, 11) is 0. The molecule has 1 fully saturated rings. The van der Waals surface area contributed by atoms with E-state index in [0.717, 1.165) is 18.8 Å². The van der Waals surface area contributed by atoms with E-state index in [0.29, 0.717) is 5.41 Å². The molecule has 2 heteroatoms. The second kappa shape index (κ2) is 4.55. The lowest BCUT2D eigenvalue weighted by molar-refractivity contribution is 0.154. The molecule has 1 saturated carbocycles.